The number of para-hydroxylation sites is 2. The lowest BCUT2D eigenvalue weighted by Gasteiger charge is -2.25. The fourth-order valence-corrected chi connectivity index (χ4v) is 5.88. The molecule has 0 saturated carbocycles. The molecular weight excluding hydrogens is 410 g/mol. The van der Waals surface area contributed by atoms with E-state index in [1.165, 1.54) is 12.8 Å². The van der Waals surface area contributed by atoms with E-state index >= 15 is 0 Å². The van der Waals surface area contributed by atoms with E-state index in [0.717, 1.165) is 49.3 Å². The Labute approximate surface area is 185 Å². The van der Waals surface area contributed by atoms with Gasteiger partial charge >= 0.3 is 0 Å². The summed E-state index contributed by atoms with van der Waals surface area (Å²) in [6.45, 7) is 3.26. The SMILES string of the molecule is O=C(CCc1ccc(S(=O)(=O)N2CCCCC2)cc1)Nc1ccccc1N1CCCC1. The van der Waals surface area contributed by atoms with Crippen molar-refractivity contribution in [2.24, 2.45) is 0 Å². The second-order valence-electron chi connectivity index (χ2n) is 8.37. The molecule has 0 radical (unpaired) electrons. The molecule has 0 aromatic heterocycles. The first-order valence-electron chi connectivity index (χ1n) is 11.3. The average molecular weight is 442 g/mol. The molecule has 2 aromatic rings. The van der Waals surface area contributed by atoms with Gasteiger partial charge in [-0.25, -0.2) is 8.42 Å². The third-order valence-electron chi connectivity index (χ3n) is 6.14. The van der Waals surface area contributed by atoms with Crippen LogP contribution in [0.2, 0.25) is 0 Å². The zero-order valence-corrected chi connectivity index (χ0v) is 18.7. The Balaban J connectivity index is 1.34. The molecule has 0 atom stereocenters. The van der Waals surface area contributed by atoms with Crippen LogP contribution in [0.1, 0.15) is 44.1 Å². The average Bonchev–Trinajstić information content (AvgIpc) is 3.34. The van der Waals surface area contributed by atoms with Gasteiger partial charge in [-0.05, 0) is 61.9 Å². The van der Waals surface area contributed by atoms with Gasteiger partial charge in [0.1, 0.15) is 0 Å². The van der Waals surface area contributed by atoms with Crippen LogP contribution in [0, 0.1) is 0 Å². The molecule has 0 unspecified atom stereocenters. The highest BCUT2D eigenvalue weighted by Crippen LogP contribution is 2.29. The quantitative estimate of drug-likeness (QED) is 0.704. The lowest BCUT2D eigenvalue weighted by Crippen LogP contribution is -2.35. The fourth-order valence-electron chi connectivity index (χ4n) is 4.37. The summed E-state index contributed by atoms with van der Waals surface area (Å²) in [5, 5.41) is 3.05. The van der Waals surface area contributed by atoms with E-state index in [4.69, 9.17) is 0 Å². The molecule has 0 bridgehead atoms. The van der Waals surface area contributed by atoms with Crippen LogP contribution >= 0.6 is 0 Å². The number of sulfonamides is 1. The molecule has 1 amide bonds. The van der Waals surface area contributed by atoms with Crippen molar-refractivity contribution in [3.63, 3.8) is 0 Å². The maximum absolute atomic E-state index is 12.8. The number of nitrogens with zero attached hydrogens (tertiary/aromatic N) is 2. The van der Waals surface area contributed by atoms with Gasteiger partial charge in [-0.3, -0.25) is 4.79 Å². The summed E-state index contributed by atoms with van der Waals surface area (Å²) in [4.78, 5) is 15.2. The van der Waals surface area contributed by atoms with Gasteiger partial charge in [-0.2, -0.15) is 4.31 Å². The number of rotatable bonds is 7. The van der Waals surface area contributed by atoms with Crippen molar-refractivity contribution in [1.29, 1.82) is 0 Å². The van der Waals surface area contributed by atoms with Gasteiger partial charge in [0.15, 0.2) is 0 Å². The van der Waals surface area contributed by atoms with Crippen molar-refractivity contribution in [3.8, 4) is 0 Å². The maximum atomic E-state index is 12.8. The van der Waals surface area contributed by atoms with E-state index < -0.39 is 10.0 Å². The minimum Gasteiger partial charge on any atom is -0.370 e. The number of aryl methyl sites for hydroxylation is 1. The van der Waals surface area contributed by atoms with E-state index in [-0.39, 0.29) is 5.91 Å². The van der Waals surface area contributed by atoms with Gasteiger partial charge < -0.3 is 10.2 Å². The van der Waals surface area contributed by atoms with Gasteiger partial charge in [0, 0.05) is 32.6 Å². The Bertz CT molecular complexity index is 993. The van der Waals surface area contributed by atoms with Crippen molar-refractivity contribution in [2.45, 2.75) is 49.8 Å². The third kappa shape index (κ3) is 5.28. The van der Waals surface area contributed by atoms with Crippen molar-refractivity contribution in [1.82, 2.24) is 4.31 Å². The third-order valence-corrected chi connectivity index (χ3v) is 8.05. The van der Waals surface area contributed by atoms with E-state index in [9.17, 15) is 13.2 Å². The molecule has 31 heavy (non-hydrogen) atoms. The number of hydrogen-bond donors (Lipinski definition) is 1. The molecule has 2 aliphatic rings. The van der Waals surface area contributed by atoms with Crippen LogP contribution in [-0.2, 0) is 21.2 Å². The number of hydrogen-bond acceptors (Lipinski definition) is 4. The first-order chi connectivity index (χ1) is 15.0. The summed E-state index contributed by atoms with van der Waals surface area (Å²) >= 11 is 0. The lowest BCUT2D eigenvalue weighted by molar-refractivity contribution is -0.116. The van der Waals surface area contributed by atoms with Crippen molar-refractivity contribution in [2.75, 3.05) is 36.4 Å². The monoisotopic (exact) mass is 441 g/mol. The van der Waals surface area contributed by atoms with Crippen LogP contribution in [0.15, 0.2) is 53.4 Å². The summed E-state index contributed by atoms with van der Waals surface area (Å²) < 4.78 is 27.1. The molecule has 166 valence electrons. The normalized spacial score (nSPS) is 17.6. The molecule has 6 nitrogen and oxygen atoms in total. The number of nitrogens with one attached hydrogen (secondary N) is 1. The van der Waals surface area contributed by atoms with Crippen LogP contribution in [0.5, 0.6) is 0 Å². The highest BCUT2D eigenvalue weighted by Gasteiger charge is 2.25. The highest BCUT2D eigenvalue weighted by atomic mass is 32.2. The number of amides is 1. The summed E-state index contributed by atoms with van der Waals surface area (Å²) in [6, 6.07) is 14.9. The summed E-state index contributed by atoms with van der Waals surface area (Å²) in [5.41, 5.74) is 2.90. The van der Waals surface area contributed by atoms with Crippen LogP contribution in [0.25, 0.3) is 0 Å². The molecule has 2 aromatic carbocycles. The van der Waals surface area contributed by atoms with Crippen LogP contribution in [0.4, 0.5) is 11.4 Å². The zero-order valence-electron chi connectivity index (χ0n) is 17.9. The van der Waals surface area contributed by atoms with Crippen molar-refractivity contribution in [3.05, 3.63) is 54.1 Å². The highest BCUT2D eigenvalue weighted by molar-refractivity contribution is 7.89. The van der Waals surface area contributed by atoms with Crippen molar-refractivity contribution >= 4 is 27.3 Å². The van der Waals surface area contributed by atoms with Crippen molar-refractivity contribution < 1.29 is 13.2 Å². The van der Waals surface area contributed by atoms with Gasteiger partial charge in [-0.15, -0.1) is 0 Å². The van der Waals surface area contributed by atoms with Gasteiger partial charge in [-0.1, -0.05) is 30.7 Å². The predicted molar refractivity (Wildman–Crippen MR) is 124 cm³/mol. The summed E-state index contributed by atoms with van der Waals surface area (Å²) in [6.07, 6.45) is 6.24. The topological polar surface area (TPSA) is 69.7 Å². The zero-order chi connectivity index (χ0) is 21.7. The molecule has 2 saturated heterocycles. The number of benzene rings is 2. The van der Waals surface area contributed by atoms with Gasteiger partial charge in [0.05, 0.1) is 16.3 Å². The number of carbonyl (C=O) groups excluding carboxylic acids is 1. The second-order valence-corrected chi connectivity index (χ2v) is 10.3. The Morgan fingerprint density at radius 2 is 1.48 bits per heavy atom. The minimum atomic E-state index is -3.41. The summed E-state index contributed by atoms with van der Waals surface area (Å²) in [7, 11) is -3.41. The first-order valence-corrected chi connectivity index (χ1v) is 12.7. The van der Waals surface area contributed by atoms with Crippen LogP contribution in [-0.4, -0.2) is 44.8 Å². The Kier molecular flexibility index (Phi) is 6.92. The molecule has 2 fully saturated rings. The van der Waals surface area contributed by atoms with E-state index in [2.05, 4.69) is 16.3 Å². The first kappa shape index (κ1) is 21.8. The Hall–Kier alpha value is -2.38. The molecule has 4 rings (SSSR count). The molecule has 2 aliphatic heterocycles. The molecule has 2 heterocycles. The standard InChI is InChI=1S/C24H31N3O3S/c28-24(25-22-8-2-3-9-23(22)26-16-6-7-17-26)15-12-20-10-13-21(14-11-20)31(29,30)27-18-4-1-5-19-27/h2-3,8-11,13-14H,1,4-7,12,15-19H2,(H,25,28). The molecular formula is C24H31N3O3S. The smallest absolute Gasteiger partial charge is 0.243 e. The number of anilines is 2. The number of carbonyl (C=O) groups is 1. The largest absolute Gasteiger partial charge is 0.370 e. The molecule has 7 heteroatoms. The minimum absolute atomic E-state index is 0.0309. The van der Waals surface area contributed by atoms with E-state index in [0.29, 0.717) is 30.8 Å². The fraction of sp³-hybridized carbons (Fsp3) is 0.458. The van der Waals surface area contributed by atoms with Gasteiger partial charge in [0.25, 0.3) is 0 Å². The second kappa shape index (κ2) is 9.83. The van der Waals surface area contributed by atoms with E-state index in [1.807, 2.05) is 30.3 Å². The molecule has 1 N–H and O–H groups in total. The Morgan fingerprint density at radius 1 is 0.839 bits per heavy atom. The predicted octanol–water partition coefficient (Wildman–Crippen LogP) is 4.03. The van der Waals surface area contributed by atoms with E-state index in [1.54, 1.807) is 16.4 Å². The van der Waals surface area contributed by atoms with Crippen LogP contribution in [0.3, 0.4) is 0 Å². The molecule has 0 aliphatic carbocycles. The molecule has 0 spiro atoms. The number of piperidine rings is 1. The maximum Gasteiger partial charge on any atom is 0.243 e. The van der Waals surface area contributed by atoms with Crippen LogP contribution < -0.4 is 10.2 Å². The summed E-state index contributed by atoms with van der Waals surface area (Å²) in [5.74, 6) is -0.0309. The van der Waals surface area contributed by atoms with Gasteiger partial charge in [0.2, 0.25) is 15.9 Å². The lowest BCUT2D eigenvalue weighted by atomic mass is 10.1. The Morgan fingerprint density at radius 3 is 2.19 bits per heavy atom.